The minimum Gasteiger partial charge on any atom is -0.459 e. The lowest BCUT2D eigenvalue weighted by molar-refractivity contribution is -0.135. The fourth-order valence-corrected chi connectivity index (χ4v) is 2.45. The van der Waals surface area contributed by atoms with Crippen LogP contribution < -0.4 is 10.1 Å². The zero-order valence-corrected chi connectivity index (χ0v) is 9.77. The Balaban J connectivity index is 1.99. The van der Waals surface area contributed by atoms with E-state index >= 15 is 0 Å². The zero-order chi connectivity index (χ0) is 11.9. The van der Waals surface area contributed by atoms with Crippen molar-refractivity contribution in [2.45, 2.75) is 18.6 Å². The maximum atomic E-state index is 12.2. The van der Waals surface area contributed by atoms with Crippen LogP contribution >= 0.6 is 0 Å². The lowest BCUT2D eigenvalue weighted by Gasteiger charge is -2.25. The summed E-state index contributed by atoms with van der Waals surface area (Å²) in [6.45, 7) is 1.98. The van der Waals surface area contributed by atoms with Gasteiger partial charge in [0, 0.05) is 37.8 Å². The number of nitrogens with one attached hydrogen (secondary N) is 1. The first-order valence-corrected chi connectivity index (χ1v) is 5.79. The Bertz CT molecular complexity index is 463. The molecule has 1 aromatic heterocycles. The largest absolute Gasteiger partial charge is 0.459 e. The number of rotatable bonds is 0. The Labute approximate surface area is 99.8 Å². The fourth-order valence-electron chi connectivity index (χ4n) is 2.45. The fraction of sp³-hybridized carbons (Fsp3) is 0.500. The van der Waals surface area contributed by atoms with Crippen LogP contribution in [0.3, 0.4) is 0 Å². The average Bonchev–Trinajstić information content (AvgIpc) is 2.63. The Morgan fingerprint density at radius 3 is 3.24 bits per heavy atom. The van der Waals surface area contributed by atoms with Crippen LogP contribution in [0.25, 0.3) is 0 Å². The van der Waals surface area contributed by atoms with Crippen LogP contribution in [0.5, 0.6) is 5.88 Å². The zero-order valence-electron chi connectivity index (χ0n) is 9.77. The molecule has 3 rings (SSSR count). The molecule has 2 aliphatic rings. The number of likely N-dealkylation sites (N-methyl/N-ethyl adjacent to an activating group) is 1. The number of carbonyl (C=O) groups is 1. The average molecular weight is 233 g/mol. The molecule has 1 atom stereocenters. The normalized spacial score (nSPS) is 28.4. The van der Waals surface area contributed by atoms with Crippen molar-refractivity contribution in [3.8, 4) is 5.88 Å². The highest BCUT2D eigenvalue weighted by atomic mass is 16.5. The molecule has 1 fully saturated rings. The van der Waals surface area contributed by atoms with E-state index < -0.39 is 5.60 Å². The van der Waals surface area contributed by atoms with E-state index in [1.165, 1.54) is 0 Å². The van der Waals surface area contributed by atoms with E-state index in [9.17, 15) is 4.79 Å². The van der Waals surface area contributed by atoms with Gasteiger partial charge in [-0.3, -0.25) is 4.79 Å². The van der Waals surface area contributed by atoms with Gasteiger partial charge >= 0.3 is 0 Å². The summed E-state index contributed by atoms with van der Waals surface area (Å²) in [7, 11) is 2.00. The molecule has 1 saturated heterocycles. The Morgan fingerprint density at radius 2 is 2.47 bits per heavy atom. The summed E-state index contributed by atoms with van der Waals surface area (Å²) in [5, 5.41) is 2.92. The second kappa shape index (κ2) is 3.70. The molecule has 1 aromatic rings. The molecule has 0 aliphatic carbocycles. The van der Waals surface area contributed by atoms with Gasteiger partial charge in [-0.25, -0.2) is 4.98 Å². The summed E-state index contributed by atoms with van der Waals surface area (Å²) in [4.78, 5) is 18.5. The second-order valence-corrected chi connectivity index (χ2v) is 4.73. The van der Waals surface area contributed by atoms with Gasteiger partial charge in [0.15, 0.2) is 0 Å². The first kappa shape index (κ1) is 10.5. The molecule has 5 heteroatoms. The molecule has 1 amide bonds. The van der Waals surface area contributed by atoms with E-state index in [1.807, 2.05) is 19.2 Å². The van der Waals surface area contributed by atoms with Crippen LogP contribution in [-0.4, -0.2) is 41.5 Å². The molecule has 1 unspecified atom stereocenters. The summed E-state index contributed by atoms with van der Waals surface area (Å²) in [6.07, 6.45) is 2.41. The lowest BCUT2D eigenvalue weighted by atomic mass is 10.0. The monoisotopic (exact) mass is 233 g/mol. The molecule has 0 bridgehead atoms. The van der Waals surface area contributed by atoms with Crippen LogP contribution in [0.1, 0.15) is 12.0 Å². The van der Waals surface area contributed by atoms with E-state index in [1.54, 1.807) is 6.20 Å². The number of pyridine rings is 1. The smallest absolute Gasteiger partial charge is 0.265 e. The van der Waals surface area contributed by atoms with Gasteiger partial charge in [0.05, 0.1) is 0 Å². The van der Waals surface area contributed by atoms with E-state index in [0.29, 0.717) is 25.4 Å². The van der Waals surface area contributed by atoms with Crippen molar-refractivity contribution in [3.63, 3.8) is 0 Å². The molecule has 5 nitrogen and oxygen atoms in total. The number of ether oxygens (including phenoxy) is 1. The Hall–Kier alpha value is -1.62. The van der Waals surface area contributed by atoms with Gasteiger partial charge in [-0.05, 0) is 13.1 Å². The molecule has 17 heavy (non-hydrogen) atoms. The topological polar surface area (TPSA) is 54.5 Å². The van der Waals surface area contributed by atoms with Crippen LogP contribution in [0.15, 0.2) is 18.3 Å². The van der Waals surface area contributed by atoms with Gasteiger partial charge in [0.2, 0.25) is 11.5 Å². The number of hydrogen-bond acceptors (Lipinski definition) is 4. The number of aromatic nitrogens is 1. The maximum absolute atomic E-state index is 12.2. The minimum absolute atomic E-state index is 0.0279. The van der Waals surface area contributed by atoms with Crippen molar-refractivity contribution in [1.29, 1.82) is 0 Å². The maximum Gasteiger partial charge on any atom is 0.265 e. The molecule has 1 N–H and O–H groups in total. The quantitative estimate of drug-likeness (QED) is 0.694. The summed E-state index contributed by atoms with van der Waals surface area (Å²) in [5.41, 5.74) is 0.182. The lowest BCUT2D eigenvalue weighted by Crippen LogP contribution is -2.51. The molecule has 1 spiro atoms. The standard InChI is InChI=1S/C12H15N3O2/c1-15-6-4-12(8-15)11(16)14-7-9-3-2-5-13-10(9)17-12/h2-3,5H,4,6-8H2,1H3,(H,14,16). The molecular formula is C12H15N3O2. The molecule has 0 aromatic carbocycles. The summed E-state index contributed by atoms with van der Waals surface area (Å²) in [5.74, 6) is 0.556. The highest BCUT2D eigenvalue weighted by molar-refractivity contribution is 5.86. The van der Waals surface area contributed by atoms with Gasteiger partial charge in [0.25, 0.3) is 5.91 Å². The van der Waals surface area contributed by atoms with Gasteiger partial charge in [0.1, 0.15) is 0 Å². The van der Waals surface area contributed by atoms with Crippen LogP contribution in [-0.2, 0) is 11.3 Å². The predicted octanol–water partition coefficient (Wildman–Crippen LogP) is 0.164. The Morgan fingerprint density at radius 1 is 1.59 bits per heavy atom. The molecule has 2 aliphatic heterocycles. The highest BCUT2D eigenvalue weighted by Gasteiger charge is 2.47. The number of carbonyl (C=O) groups excluding carboxylic acids is 1. The SMILES string of the molecule is CN1CCC2(C1)Oc1ncccc1CNC2=O. The van der Waals surface area contributed by atoms with E-state index in [2.05, 4.69) is 15.2 Å². The van der Waals surface area contributed by atoms with Crippen LogP contribution in [0.4, 0.5) is 0 Å². The second-order valence-electron chi connectivity index (χ2n) is 4.73. The van der Waals surface area contributed by atoms with Crippen molar-refractivity contribution in [2.75, 3.05) is 20.1 Å². The molecular weight excluding hydrogens is 218 g/mol. The molecule has 90 valence electrons. The molecule has 0 radical (unpaired) electrons. The first-order valence-electron chi connectivity index (χ1n) is 5.79. The van der Waals surface area contributed by atoms with Gasteiger partial charge in [-0.15, -0.1) is 0 Å². The highest BCUT2D eigenvalue weighted by Crippen LogP contribution is 2.30. The van der Waals surface area contributed by atoms with E-state index in [0.717, 1.165) is 12.1 Å². The molecule has 0 saturated carbocycles. The summed E-state index contributed by atoms with van der Waals surface area (Å²) >= 11 is 0. The van der Waals surface area contributed by atoms with Gasteiger partial charge in [-0.1, -0.05) is 6.07 Å². The van der Waals surface area contributed by atoms with Crippen LogP contribution in [0.2, 0.25) is 0 Å². The van der Waals surface area contributed by atoms with Crippen molar-refractivity contribution in [2.24, 2.45) is 0 Å². The van der Waals surface area contributed by atoms with Crippen molar-refractivity contribution in [1.82, 2.24) is 15.2 Å². The first-order chi connectivity index (χ1) is 8.20. The van der Waals surface area contributed by atoms with Crippen molar-refractivity contribution in [3.05, 3.63) is 23.9 Å². The number of likely N-dealkylation sites (tertiary alicyclic amines) is 1. The predicted molar refractivity (Wildman–Crippen MR) is 61.6 cm³/mol. The number of amides is 1. The molecule has 3 heterocycles. The summed E-state index contributed by atoms with van der Waals surface area (Å²) in [6, 6.07) is 3.79. The third kappa shape index (κ3) is 1.67. The van der Waals surface area contributed by atoms with Gasteiger partial charge in [-0.2, -0.15) is 0 Å². The third-order valence-corrected chi connectivity index (χ3v) is 3.42. The van der Waals surface area contributed by atoms with Crippen molar-refractivity contribution < 1.29 is 9.53 Å². The minimum atomic E-state index is -0.756. The van der Waals surface area contributed by atoms with E-state index in [4.69, 9.17) is 4.74 Å². The Kier molecular flexibility index (Phi) is 2.29. The summed E-state index contributed by atoms with van der Waals surface area (Å²) < 4.78 is 5.92. The van der Waals surface area contributed by atoms with Crippen LogP contribution in [0, 0.1) is 0 Å². The van der Waals surface area contributed by atoms with Gasteiger partial charge < -0.3 is 15.0 Å². The van der Waals surface area contributed by atoms with E-state index in [-0.39, 0.29) is 5.91 Å². The van der Waals surface area contributed by atoms with Crippen molar-refractivity contribution >= 4 is 5.91 Å². The number of fused-ring (bicyclic) bond motifs is 1. The third-order valence-electron chi connectivity index (χ3n) is 3.42. The number of nitrogens with zero attached hydrogens (tertiary/aromatic N) is 2. The number of hydrogen-bond donors (Lipinski definition) is 1.